The number of benzene rings is 1. The molecule has 0 saturated carbocycles. The highest BCUT2D eigenvalue weighted by molar-refractivity contribution is 9.08. The van der Waals surface area contributed by atoms with Crippen molar-refractivity contribution in [2.45, 2.75) is 24.2 Å². The van der Waals surface area contributed by atoms with Gasteiger partial charge in [0.25, 0.3) is 0 Å². The summed E-state index contributed by atoms with van der Waals surface area (Å²) >= 11 is 3.22. The van der Waals surface area contributed by atoms with Crippen LogP contribution >= 0.6 is 15.9 Å². The van der Waals surface area contributed by atoms with Gasteiger partial charge < -0.3 is 9.80 Å². The molecule has 1 aliphatic rings. The van der Waals surface area contributed by atoms with Crippen molar-refractivity contribution in [1.29, 1.82) is 0 Å². The molecule has 106 valence electrons. The molecule has 1 atom stereocenters. The lowest BCUT2D eigenvalue weighted by Gasteiger charge is -2.37. The van der Waals surface area contributed by atoms with Gasteiger partial charge >= 0.3 is 0 Å². The Kier molecular flexibility index (Phi) is 4.79. The summed E-state index contributed by atoms with van der Waals surface area (Å²) in [6.45, 7) is 1.90. The fourth-order valence-electron chi connectivity index (χ4n) is 2.67. The Hall–Kier alpha value is -0.680. The monoisotopic (exact) mass is 332 g/mol. The Morgan fingerprint density at radius 1 is 1.37 bits per heavy atom. The van der Waals surface area contributed by atoms with Gasteiger partial charge in [0.1, 0.15) is 17.3 Å². The van der Waals surface area contributed by atoms with Gasteiger partial charge in [0.15, 0.2) is 0 Å². The lowest BCUT2D eigenvalue weighted by atomic mass is 10.0. The summed E-state index contributed by atoms with van der Waals surface area (Å²) in [5, 5.41) is 0.455. The maximum absolute atomic E-state index is 14.1. The van der Waals surface area contributed by atoms with Crippen LogP contribution < -0.4 is 4.90 Å². The Morgan fingerprint density at radius 2 is 2.00 bits per heavy atom. The molecule has 19 heavy (non-hydrogen) atoms. The first-order valence-electron chi connectivity index (χ1n) is 6.48. The standard InChI is InChI=1S/C14H19BrF2N2/c1-18-5-3-4-11(9-18)19(2)14-12(16)6-10(8-15)7-13(14)17/h6-7,11H,3-5,8-9H2,1-2H3. The van der Waals surface area contributed by atoms with Gasteiger partial charge in [0.2, 0.25) is 0 Å². The van der Waals surface area contributed by atoms with Crippen molar-refractivity contribution in [3.05, 3.63) is 29.3 Å². The van der Waals surface area contributed by atoms with Crippen molar-refractivity contribution in [3.8, 4) is 0 Å². The largest absolute Gasteiger partial charge is 0.366 e. The Labute approximate surface area is 121 Å². The van der Waals surface area contributed by atoms with Crippen LogP contribution in [0.3, 0.4) is 0 Å². The van der Waals surface area contributed by atoms with E-state index in [1.165, 1.54) is 12.1 Å². The number of nitrogens with zero attached hydrogens (tertiary/aromatic N) is 2. The van der Waals surface area contributed by atoms with Gasteiger partial charge in [0, 0.05) is 25.0 Å². The predicted octanol–water partition coefficient (Wildman–Crippen LogP) is 3.39. The molecule has 2 nitrogen and oxygen atoms in total. The Morgan fingerprint density at radius 3 is 2.53 bits per heavy atom. The van der Waals surface area contributed by atoms with Crippen LogP contribution in [-0.2, 0) is 5.33 Å². The molecule has 0 aliphatic carbocycles. The third-order valence-electron chi connectivity index (χ3n) is 3.73. The number of hydrogen-bond acceptors (Lipinski definition) is 2. The fourth-order valence-corrected chi connectivity index (χ4v) is 2.99. The van der Waals surface area contributed by atoms with Gasteiger partial charge in [0.05, 0.1) is 0 Å². The first-order chi connectivity index (χ1) is 9.02. The third kappa shape index (κ3) is 3.26. The van der Waals surface area contributed by atoms with Crippen LogP contribution in [0.4, 0.5) is 14.5 Å². The summed E-state index contributed by atoms with van der Waals surface area (Å²) in [5.41, 5.74) is 0.706. The number of likely N-dealkylation sites (N-methyl/N-ethyl adjacent to an activating group) is 2. The van der Waals surface area contributed by atoms with E-state index < -0.39 is 11.6 Å². The van der Waals surface area contributed by atoms with Gasteiger partial charge in [-0.1, -0.05) is 15.9 Å². The van der Waals surface area contributed by atoms with E-state index in [9.17, 15) is 8.78 Å². The summed E-state index contributed by atoms with van der Waals surface area (Å²) in [4.78, 5) is 3.95. The molecular formula is C14H19BrF2N2. The van der Waals surface area contributed by atoms with E-state index in [-0.39, 0.29) is 11.7 Å². The number of hydrogen-bond donors (Lipinski definition) is 0. The minimum Gasteiger partial charge on any atom is -0.366 e. The maximum Gasteiger partial charge on any atom is 0.149 e. The first kappa shape index (κ1) is 14.7. The normalized spacial score (nSPS) is 20.6. The highest BCUT2D eigenvalue weighted by Crippen LogP contribution is 2.28. The molecule has 1 saturated heterocycles. The van der Waals surface area contributed by atoms with E-state index in [2.05, 4.69) is 20.8 Å². The number of halogens is 3. The zero-order chi connectivity index (χ0) is 14.0. The van der Waals surface area contributed by atoms with E-state index in [4.69, 9.17) is 0 Å². The molecule has 1 aromatic rings. The second-order valence-corrected chi connectivity index (χ2v) is 5.77. The average Bonchev–Trinajstić information content (AvgIpc) is 2.37. The van der Waals surface area contributed by atoms with Crippen LogP contribution in [0.1, 0.15) is 18.4 Å². The van der Waals surface area contributed by atoms with Crippen molar-refractivity contribution < 1.29 is 8.78 Å². The second kappa shape index (κ2) is 6.18. The smallest absolute Gasteiger partial charge is 0.149 e. The van der Waals surface area contributed by atoms with Crippen LogP contribution in [0.2, 0.25) is 0 Å². The molecule has 2 rings (SSSR count). The number of alkyl halides is 1. The highest BCUT2D eigenvalue weighted by Gasteiger charge is 2.25. The summed E-state index contributed by atoms with van der Waals surface area (Å²) in [5.74, 6) is -0.963. The minimum absolute atomic E-state index is 0.0880. The molecule has 0 amide bonds. The zero-order valence-corrected chi connectivity index (χ0v) is 12.9. The van der Waals surface area contributed by atoms with Gasteiger partial charge in [-0.25, -0.2) is 8.78 Å². The van der Waals surface area contributed by atoms with Gasteiger partial charge in [-0.15, -0.1) is 0 Å². The summed E-state index contributed by atoms with van der Waals surface area (Å²) in [6, 6.07) is 2.96. The molecular weight excluding hydrogens is 314 g/mol. The molecule has 0 spiro atoms. The molecule has 0 radical (unpaired) electrons. The van der Waals surface area contributed by atoms with Crippen LogP contribution in [0, 0.1) is 11.6 Å². The minimum atomic E-state index is -0.481. The van der Waals surface area contributed by atoms with Crippen molar-refractivity contribution in [3.63, 3.8) is 0 Å². The molecule has 5 heteroatoms. The summed E-state index contributed by atoms with van der Waals surface area (Å²) in [7, 11) is 3.82. The molecule has 1 unspecified atom stereocenters. The van der Waals surface area contributed by atoms with Crippen LogP contribution in [0.5, 0.6) is 0 Å². The zero-order valence-electron chi connectivity index (χ0n) is 11.3. The van der Waals surface area contributed by atoms with Crippen molar-refractivity contribution in [2.24, 2.45) is 0 Å². The Bertz CT molecular complexity index is 430. The SMILES string of the molecule is CN1CCCC(N(C)c2c(F)cc(CBr)cc2F)C1. The highest BCUT2D eigenvalue weighted by atomic mass is 79.9. The van der Waals surface area contributed by atoms with E-state index in [0.717, 1.165) is 25.9 Å². The molecule has 0 N–H and O–H groups in total. The van der Waals surface area contributed by atoms with E-state index in [1.54, 1.807) is 11.9 Å². The topological polar surface area (TPSA) is 6.48 Å². The van der Waals surface area contributed by atoms with Gasteiger partial charge in [-0.2, -0.15) is 0 Å². The number of rotatable bonds is 3. The average molecular weight is 333 g/mol. The van der Waals surface area contributed by atoms with E-state index in [0.29, 0.717) is 10.9 Å². The van der Waals surface area contributed by atoms with Gasteiger partial charge in [-0.3, -0.25) is 0 Å². The van der Waals surface area contributed by atoms with Gasteiger partial charge in [-0.05, 0) is 44.1 Å². The van der Waals surface area contributed by atoms with Crippen LogP contribution in [0.25, 0.3) is 0 Å². The Balaban J connectivity index is 2.25. The molecule has 1 fully saturated rings. The molecule has 1 heterocycles. The predicted molar refractivity (Wildman–Crippen MR) is 77.9 cm³/mol. The number of likely N-dealkylation sites (tertiary alicyclic amines) is 1. The second-order valence-electron chi connectivity index (χ2n) is 5.21. The van der Waals surface area contributed by atoms with Crippen molar-refractivity contribution in [1.82, 2.24) is 4.90 Å². The fraction of sp³-hybridized carbons (Fsp3) is 0.571. The quantitative estimate of drug-likeness (QED) is 0.783. The van der Waals surface area contributed by atoms with E-state index in [1.807, 2.05) is 7.05 Å². The molecule has 1 aliphatic heterocycles. The summed E-state index contributed by atoms with van der Waals surface area (Å²) in [6.07, 6.45) is 2.04. The van der Waals surface area contributed by atoms with Crippen LogP contribution in [0.15, 0.2) is 12.1 Å². The van der Waals surface area contributed by atoms with Crippen molar-refractivity contribution >= 4 is 21.6 Å². The lowest BCUT2D eigenvalue weighted by Crippen LogP contribution is -2.45. The van der Waals surface area contributed by atoms with Crippen LogP contribution in [-0.4, -0.2) is 38.1 Å². The molecule has 1 aromatic carbocycles. The maximum atomic E-state index is 14.1. The van der Waals surface area contributed by atoms with Crippen molar-refractivity contribution in [2.75, 3.05) is 32.1 Å². The summed E-state index contributed by atoms with van der Waals surface area (Å²) < 4.78 is 28.2. The third-order valence-corrected chi connectivity index (χ3v) is 4.38. The lowest BCUT2D eigenvalue weighted by molar-refractivity contribution is 0.247. The number of anilines is 1. The van der Waals surface area contributed by atoms with E-state index >= 15 is 0 Å². The first-order valence-corrected chi connectivity index (χ1v) is 7.60. The number of piperidine rings is 1. The molecule has 0 bridgehead atoms. The molecule has 0 aromatic heterocycles.